The van der Waals surface area contributed by atoms with E-state index in [-0.39, 0.29) is 0 Å². The van der Waals surface area contributed by atoms with Crippen molar-refractivity contribution >= 4 is 6.29 Å². The number of hydrogen-bond donors (Lipinski definition) is 0. The lowest BCUT2D eigenvalue weighted by atomic mass is 9.81. The lowest BCUT2D eigenvalue weighted by Gasteiger charge is -2.23. The maximum absolute atomic E-state index is 10.7. The van der Waals surface area contributed by atoms with Gasteiger partial charge in [0.1, 0.15) is 6.29 Å². The summed E-state index contributed by atoms with van der Waals surface area (Å²) in [7, 11) is 0. The van der Waals surface area contributed by atoms with E-state index in [1.54, 1.807) is 0 Å². The van der Waals surface area contributed by atoms with Crippen LogP contribution in [0.15, 0.2) is 54.6 Å². The third-order valence-corrected chi connectivity index (χ3v) is 3.87. The second-order valence-electron chi connectivity index (χ2n) is 5.00. The van der Waals surface area contributed by atoms with E-state index in [9.17, 15) is 4.79 Å². The van der Waals surface area contributed by atoms with Gasteiger partial charge < -0.3 is 0 Å². The number of carbonyl (C=O) groups is 1. The fraction of sp³-hybridized carbons (Fsp3) is 0.278. The van der Waals surface area contributed by atoms with Crippen LogP contribution in [0.1, 0.15) is 53.6 Å². The van der Waals surface area contributed by atoms with Crippen molar-refractivity contribution in [2.45, 2.75) is 32.1 Å². The molecule has 0 radical (unpaired) electrons. The third-order valence-electron chi connectivity index (χ3n) is 3.87. The Morgan fingerprint density at radius 1 is 0.947 bits per heavy atom. The SMILES string of the molecule is CCC(c1ccccc1)C(C)c1ccc(C=O)cc1. The van der Waals surface area contributed by atoms with Crippen molar-refractivity contribution in [3.05, 3.63) is 71.3 Å². The van der Waals surface area contributed by atoms with Crippen molar-refractivity contribution in [3.63, 3.8) is 0 Å². The quantitative estimate of drug-likeness (QED) is 0.699. The number of benzene rings is 2. The van der Waals surface area contributed by atoms with Gasteiger partial charge in [0.25, 0.3) is 0 Å². The van der Waals surface area contributed by atoms with E-state index in [1.807, 2.05) is 12.1 Å². The second-order valence-corrected chi connectivity index (χ2v) is 5.00. The Bertz CT molecular complexity index is 513. The zero-order valence-corrected chi connectivity index (χ0v) is 11.5. The van der Waals surface area contributed by atoms with Crippen molar-refractivity contribution in [2.75, 3.05) is 0 Å². The highest BCUT2D eigenvalue weighted by atomic mass is 16.1. The van der Waals surface area contributed by atoms with Crippen LogP contribution in [0.4, 0.5) is 0 Å². The smallest absolute Gasteiger partial charge is 0.150 e. The minimum absolute atomic E-state index is 0.452. The highest BCUT2D eigenvalue weighted by Gasteiger charge is 2.18. The molecule has 0 bridgehead atoms. The zero-order valence-electron chi connectivity index (χ0n) is 11.5. The number of aldehydes is 1. The number of carbonyl (C=O) groups excluding carboxylic acids is 1. The average Bonchev–Trinajstić information content (AvgIpc) is 2.49. The minimum Gasteiger partial charge on any atom is -0.298 e. The molecule has 0 saturated carbocycles. The molecule has 2 aromatic carbocycles. The van der Waals surface area contributed by atoms with Crippen LogP contribution in [0.5, 0.6) is 0 Å². The van der Waals surface area contributed by atoms with Gasteiger partial charge in [-0.25, -0.2) is 0 Å². The summed E-state index contributed by atoms with van der Waals surface area (Å²) >= 11 is 0. The van der Waals surface area contributed by atoms with Crippen LogP contribution >= 0.6 is 0 Å². The maximum atomic E-state index is 10.7. The number of rotatable bonds is 5. The third kappa shape index (κ3) is 3.11. The van der Waals surface area contributed by atoms with Crippen LogP contribution in [0.2, 0.25) is 0 Å². The van der Waals surface area contributed by atoms with Gasteiger partial charge in [0, 0.05) is 5.56 Å². The van der Waals surface area contributed by atoms with E-state index in [0.29, 0.717) is 11.8 Å². The van der Waals surface area contributed by atoms with Gasteiger partial charge in [0.05, 0.1) is 0 Å². The van der Waals surface area contributed by atoms with E-state index in [0.717, 1.165) is 18.3 Å². The first-order valence-electron chi connectivity index (χ1n) is 6.86. The van der Waals surface area contributed by atoms with E-state index in [4.69, 9.17) is 0 Å². The predicted octanol–water partition coefficient (Wildman–Crippen LogP) is 4.80. The molecule has 0 fully saturated rings. The fourth-order valence-electron chi connectivity index (χ4n) is 2.69. The first-order valence-corrected chi connectivity index (χ1v) is 6.86. The van der Waals surface area contributed by atoms with Crippen molar-refractivity contribution in [1.82, 2.24) is 0 Å². The number of hydrogen-bond acceptors (Lipinski definition) is 1. The highest BCUT2D eigenvalue weighted by Crippen LogP contribution is 2.35. The molecule has 2 aromatic rings. The van der Waals surface area contributed by atoms with Crippen molar-refractivity contribution in [2.24, 2.45) is 0 Å². The van der Waals surface area contributed by atoms with E-state index < -0.39 is 0 Å². The molecule has 0 aliphatic carbocycles. The summed E-state index contributed by atoms with van der Waals surface area (Å²) < 4.78 is 0. The molecule has 2 unspecified atom stereocenters. The largest absolute Gasteiger partial charge is 0.298 e. The van der Waals surface area contributed by atoms with Gasteiger partial charge in [-0.1, -0.05) is 68.4 Å². The van der Waals surface area contributed by atoms with Gasteiger partial charge in [-0.15, -0.1) is 0 Å². The van der Waals surface area contributed by atoms with Crippen LogP contribution in [0, 0.1) is 0 Å². The molecule has 1 heteroatoms. The fourth-order valence-corrected chi connectivity index (χ4v) is 2.69. The van der Waals surface area contributed by atoms with Crippen molar-refractivity contribution < 1.29 is 4.79 Å². The van der Waals surface area contributed by atoms with Gasteiger partial charge in [-0.05, 0) is 29.4 Å². The summed E-state index contributed by atoms with van der Waals surface area (Å²) in [6, 6.07) is 18.6. The molecule has 0 heterocycles. The van der Waals surface area contributed by atoms with Gasteiger partial charge in [0.2, 0.25) is 0 Å². The monoisotopic (exact) mass is 252 g/mol. The van der Waals surface area contributed by atoms with Crippen LogP contribution in [0.3, 0.4) is 0 Å². The molecule has 0 aliphatic rings. The van der Waals surface area contributed by atoms with Gasteiger partial charge >= 0.3 is 0 Å². The van der Waals surface area contributed by atoms with Crippen LogP contribution in [0.25, 0.3) is 0 Å². The molecular weight excluding hydrogens is 232 g/mol. The molecule has 0 aromatic heterocycles. The van der Waals surface area contributed by atoms with E-state index in [2.05, 4.69) is 56.3 Å². The zero-order chi connectivity index (χ0) is 13.7. The van der Waals surface area contributed by atoms with Crippen LogP contribution < -0.4 is 0 Å². The Labute approximate surface area is 115 Å². The Balaban J connectivity index is 2.25. The summed E-state index contributed by atoms with van der Waals surface area (Å²) in [6.07, 6.45) is 2.00. The Kier molecular flexibility index (Phi) is 4.51. The highest BCUT2D eigenvalue weighted by molar-refractivity contribution is 5.74. The molecule has 0 amide bonds. The van der Waals surface area contributed by atoms with Gasteiger partial charge in [-0.2, -0.15) is 0 Å². The molecule has 1 nitrogen and oxygen atoms in total. The Hall–Kier alpha value is -1.89. The molecular formula is C18H20O. The first kappa shape index (κ1) is 13.5. The minimum atomic E-state index is 0.452. The van der Waals surface area contributed by atoms with Gasteiger partial charge in [-0.3, -0.25) is 4.79 Å². The lowest BCUT2D eigenvalue weighted by Crippen LogP contribution is -2.07. The average molecular weight is 252 g/mol. The van der Waals surface area contributed by atoms with Crippen molar-refractivity contribution in [3.8, 4) is 0 Å². The van der Waals surface area contributed by atoms with E-state index in [1.165, 1.54) is 11.1 Å². The summed E-state index contributed by atoms with van der Waals surface area (Å²) in [6.45, 7) is 4.49. The summed E-state index contributed by atoms with van der Waals surface area (Å²) in [5.41, 5.74) is 3.42. The van der Waals surface area contributed by atoms with Crippen molar-refractivity contribution in [1.29, 1.82) is 0 Å². The molecule has 0 N–H and O–H groups in total. The molecule has 19 heavy (non-hydrogen) atoms. The molecule has 2 atom stereocenters. The maximum Gasteiger partial charge on any atom is 0.150 e. The first-order chi connectivity index (χ1) is 9.26. The summed E-state index contributed by atoms with van der Waals surface area (Å²) in [4.78, 5) is 10.7. The molecule has 98 valence electrons. The van der Waals surface area contributed by atoms with E-state index >= 15 is 0 Å². The lowest BCUT2D eigenvalue weighted by molar-refractivity contribution is 0.112. The second kappa shape index (κ2) is 6.33. The molecule has 2 rings (SSSR count). The normalized spacial score (nSPS) is 13.8. The Morgan fingerprint density at radius 2 is 1.58 bits per heavy atom. The summed E-state index contributed by atoms with van der Waals surface area (Å²) in [5.74, 6) is 0.969. The standard InChI is InChI=1S/C18H20O/c1-3-18(17-7-5-4-6-8-17)14(2)16-11-9-15(13-19)10-12-16/h4-14,18H,3H2,1-2H3. The van der Waals surface area contributed by atoms with Crippen LogP contribution in [-0.4, -0.2) is 6.29 Å². The topological polar surface area (TPSA) is 17.1 Å². The van der Waals surface area contributed by atoms with Crippen LogP contribution in [-0.2, 0) is 0 Å². The summed E-state index contributed by atoms with van der Waals surface area (Å²) in [5, 5.41) is 0. The molecule has 0 spiro atoms. The predicted molar refractivity (Wildman–Crippen MR) is 79.7 cm³/mol. The Morgan fingerprint density at radius 3 is 2.11 bits per heavy atom. The molecule has 0 aliphatic heterocycles. The molecule has 0 saturated heterocycles. The van der Waals surface area contributed by atoms with Gasteiger partial charge in [0.15, 0.2) is 0 Å².